The van der Waals surface area contributed by atoms with Gasteiger partial charge < -0.3 is 10.1 Å². The van der Waals surface area contributed by atoms with Gasteiger partial charge in [-0.05, 0) is 18.6 Å². The van der Waals surface area contributed by atoms with Gasteiger partial charge in [-0.15, -0.1) is 0 Å². The van der Waals surface area contributed by atoms with E-state index in [1.54, 1.807) is 12.4 Å². The zero-order valence-electron chi connectivity index (χ0n) is 9.24. The van der Waals surface area contributed by atoms with Crippen molar-refractivity contribution in [2.45, 2.75) is 19.4 Å². The highest BCUT2D eigenvalue weighted by molar-refractivity contribution is 5.27. The summed E-state index contributed by atoms with van der Waals surface area (Å²) in [5.74, 6) is -0.803. The SMILES string of the molecule is Cc1cc(C(O)Cc2ncc[nH]2)c(F)cc1F. The summed E-state index contributed by atoms with van der Waals surface area (Å²) in [7, 11) is 0. The number of imidazole rings is 1. The molecule has 2 N–H and O–H groups in total. The predicted octanol–water partition coefficient (Wildman–Crippen LogP) is 2.27. The topological polar surface area (TPSA) is 48.9 Å². The summed E-state index contributed by atoms with van der Waals surface area (Å²) in [6, 6.07) is 2.11. The number of nitrogens with zero attached hydrogens (tertiary/aromatic N) is 1. The number of benzene rings is 1. The third-order valence-electron chi connectivity index (χ3n) is 2.58. The molecule has 0 bridgehead atoms. The van der Waals surface area contributed by atoms with Crippen molar-refractivity contribution in [3.63, 3.8) is 0 Å². The number of aliphatic hydroxyl groups excluding tert-OH is 1. The van der Waals surface area contributed by atoms with Gasteiger partial charge in [-0.25, -0.2) is 13.8 Å². The molecule has 0 radical (unpaired) electrons. The molecule has 2 aromatic rings. The summed E-state index contributed by atoms with van der Waals surface area (Å²) < 4.78 is 26.5. The third-order valence-corrected chi connectivity index (χ3v) is 2.58. The second-order valence-electron chi connectivity index (χ2n) is 3.88. The molecule has 0 saturated heterocycles. The third kappa shape index (κ3) is 2.50. The van der Waals surface area contributed by atoms with Crippen LogP contribution in [0.15, 0.2) is 24.5 Å². The molecule has 1 unspecified atom stereocenters. The van der Waals surface area contributed by atoms with Crippen LogP contribution in [0.4, 0.5) is 8.78 Å². The van der Waals surface area contributed by atoms with Crippen molar-refractivity contribution >= 4 is 0 Å². The molecule has 0 amide bonds. The zero-order valence-corrected chi connectivity index (χ0v) is 9.24. The van der Waals surface area contributed by atoms with Crippen LogP contribution < -0.4 is 0 Å². The first kappa shape index (κ1) is 11.7. The molecule has 0 aliphatic rings. The summed E-state index contributed by atoms with van der Waals surface area (Å²) in [6.45, 7) is 1.53. The van der Waals surface area contributed by atoms with Gasteiger partial charge >= 0.3 is 0 Å². The average Bonchev–Trinajstić information content (AvgIpc) is 2.76. The number of hydrogen-bond acceptors (Lipinski definition) is 2. The van der Waals surface area contributed by atoms with E-state index in [4.69, 9.17) is 0 Å². The smallest absolute Gasteiger partial charge is 0.131 e. The standard InChI is InChI=1S/C12H12F2N2O/c1-7-4-8(10(14)5-9(7)13)11(17)6-12-15-2-3-16-12/h2-5,11,17H,6H2,1H3,(H,15,16). The first-order valence-electron chi connectivity index (χ1n) is 5.20. The molecule has 1 aromatic heterocycles. The van der Waals surface area contributed by atoms with Gasteiger partial charge in [-0.3, -0.25) is 0 Å². The Hall–Kier alpha value is -1.75. The predicted molar refractivity (Wildman–Crippen MR) is 58.3 cm³/mol. The van der Waals surface area contributed by atoms with E-state index in [2.05, 4.69) is 9.97 Å². The molecule has 5 heteroatoms. The van der Waals surface area contributed by atoms with Crippen LogP contribution in [0.1, 0.15) is 23.1 Å². The van der Waals surface area contributed by atoms with Gasteiger partial charge in [0.1, 0.15) is 17.5 Å². The van der Waals surface area contributed by atoms with Crippen molar-refractivity contribution in [2.75, 3.05) is 0 Å². The monoisotopic (exact) mass is 238 g/mol. The molecule has 1 atom stereocenters. The summed E-state index contributed by atoms with van der Waals surface area (Å²) >= 11 is 0. The Bertz CT molecular complexity index is 511. The zero-order chi connectivity index (χ0) is 12.4. The van der Waals surface area contributed by atoms with Crippen LogP contribution in [0.3, 0.4) is 0 Å². The van der Waals surface area contributed by atoms with Crippen LogP contribution in [0.25, 0.3) is 0 Å². The molecule has 3 nitrogen and oxygen atoms in total. The van der Waals surface area contributed by atoms with Crippen molar-refractivity contribution in [2.24, 2.45) is 0 Å². The molecule has 17 heavy (non-hydrogen) atoms. The average molecular weight is 238 g/mol. The minimum absolute atomic E-state index is 0.0836. The van der Waals surface area contributed by atoms with Crippen molar-refractivity contribution in [1.29, 1.82) is 0 Å². The summed E-state index contributed by atoms with van der Waals surface area (Å²) in [6.07, 6.45) is 2.29. The number of aromatic amines is 1. The molecule has 0 fully saturated rings. The fraction of sp³-hybridized carbons (Fsp3) is 0.250. The van der Waals surface area contributed by atoms with Crippen LogP contribution in [0.2, 0.25) is 0 Å². The number of aryl methyl sites for hydroxylation is 1. The van der Waals surface area contributed by atoms with Crippen molar-refractivity contribution < 1.29 is 13.9 Å². The fourth-order valence-electron chi connectivity index (χ4n) is 1.64. The van der Waals surface area contributed by atoms with E-state index >= 15 is 0 Å². The lowest BCUT2D eigenvalue weighted by Gasteiger charge is -2.11. The van der Waals surface area contributed by atoms with Gasteiger partial charge in [0.2, 0.25) is 0 Å². The van der Waals surface area contributed by atoms with Gasteiger partial charge in [0, 0.05) is 30.4 Å². The summed E-state index contributed by atoms with van der Waals surface area (Å²) in [5, 5.41) is 9.87. The second kappa shape index (κ2) is 4.63. The summed E-state index contributed by atoms with van der Waals surface area (Å²) in [4.78, 5) is 6.75. The number of rotatable bonds is 3. The minimum atomic E-state index is -1.04. The Morgan fingerprint density at radius 2 is 2.12 bits per heavy atom. The lowest BCUT2D eigenvalue weighted by molar-refractivity contribution is 0.171. The van der Waals surface area contributed by atoms with E-state index in [0.717, 1.165) is 6.07 Å². The van der Waals surface area contributed by atoms with E-state index in [0.29, 0.717) is 11.4 Å². The molecule has 1 heterocycles. The highest BCUT2D eigenvalue weighted by Crippen LogP contribution is 2.22. The molecule has 0 aliphatic heterocycles. The fourth-order valence-corrected chi connectivity index (χ4v) is 1.64. The van der Waals surface area contributed by atoms with Crippen LogP contribution in [-0.2, 0) is 6.42 Å². The van der Waals surface area contributed by atoms with Gasteiger partial charge in [0.25, 0.3) is 0 Å². The van der Waals surface area contributed by atoms with E-state index in [9.17, 15) is 13.9 Å². The maximum Gasteiger partial charge on any atom is 0.131 e. The molecular formula is C12H12F2N2O. The Labute approximate surface area is 97.1 Å². The van der Waals surface area contributed by atoms with Gasteiger partial charge in [-0.2, -0.15) is 0 Å². The highest BCUT2D eigenvalue weighted by Gasteiger charge is 2.16. The van der Waals surface area contributed by atoms with Crippen LogP contribution in [0.5, 0.6) is 0 Å². The Balaban J connectivity index is 2.24. The van der Waals surface area contributed by atoms with Gasteiger partial charge in [-0.1, -0.05) is 0 Å². The first-order chi connectivity index (χ1) is 8.08. The van der Waals surface area contributed by atoms with Crippen molar-refractivity contribution in [1.82, 2.24) is 9.97 Å². The maximum atomic E-state index is 13.5. The van der Waals surface area contributed by atoms with Crippen LogP contribution >= 0.6 is 0 Å². The maximum absolute atomic E-state index is 13.5. The summed E-state index contributed by atoms with van der Waals surface area (Å²) in [5.41, 5.74) is 0.389. The molecule has 0 saturated carbocycles. The van der Waals surface area contributed by atoms with Crippen LogP contribution in [0, 0.1) is 18.6 Å². The van der Waals surface area contributed by atoms with E-state index < -0.39 is 17.7 Å². The van der Waals surface area contributed by atoms with Crippen molar-refractivity contribution in [3.05, 3.63) is 53.1 Å². The first-order valence-corrected chi connectivity index (χ1v) is 5.20. The van der Waals surface area contributed by atoms with E-state index in [1.807, 2.05) is 0 Å². The van der Waals surface area contributed by atoms with Gasteiger partial charge in [0.05, 0.1) is 6.10 Å². The van der Waals surface area contributed by atoms with E-state index in [-0.39, 0.29) is 12.0 Å². The van der Waals surface area contributed by atoms with Crippen LogP contribution in [-0.4, -0.2) is 15.1 Å². The lowest BCUT2D eigenvalue weighted by atomic mass is 10.0. The highest BCUT2D eigenvalue weighted by atomic mass is 19.1. The number of aliphatic hydroxyl groups is 1. The van der Waals surface area contributed by atoms with Crippen molar-refractivity contribution in [3.8, 4) is 0 Å². The Morgan fingerprint density at radius 3 is 2.76 bits per heavy atom. The van der Waals surface area contributed by atoms with Gasteiger partial charge in [0.15, 0.2) is 0 Å². The molecule has 2 rings (SSSR count). The Kier molecular flexibility index (Phi) is 3.19. The van der Waals surface area contributed by atoms with E-state index in [1.165, 1.54) is 13.0 Å². The molecule has 90 valence electrons. The number of halogens is 2. The molecular weight excluding hydrogens is 226 g/mol. The Morgan fingerprint density at radius 1 is 1.35 bits per heavy atom. The molecule has 0 aliphatic carbocycles. The minimum Gasteiger partial charge on any atom is -0.388 e. The quantitative estimate of drug-likeness (QED) is 0.861. The normalized spacial score (nSPS) is 12.7. The number of aromatic nitrogens is 2. The molecule has 1 aromatic carbocycles. The largest absolute Gasteiger partial charge is 0.388 e. The number of hydrogen-bond donors (Lipinski definition) is 2. The second-order valence-corrected chi connectivity index (χ2v) is 3.88. The molecule has 0 spiro atoms. The number of nitrogens with one attached hydrogen (secondary N) is 1. The number of H-pyrrole nitrogens is 1. The lowest BCUT2D eigenvalue weighted by Crippen LogP contribution is -2.06.